The third kappa shape index (κ3) is 3.13. The minimum Gasteiger partial charge on any atom is -0.492 e. The second-order valence-corrected chi connectivity index (χ2v) is 7.02. The third-order valence-corrected chi connectivity index (χ3v) is 5.22. The zero-order chi connectivity index (χ0) is 16.6. The van der Waals surface area contributed by atoms with E-state index in [1.807, 2.05) is 6.07 Å². The van der Waals surface area contributed by atoms with E-state index in [1.165, 1.54) is 5.56 Å². The van der Waals surface area contributed by atoms with Crippen molar-refractivity contribution in [3.8, 4) is 16.9 Å². The topological polar surface area (TPSA) is 52.3 Å². The Morgan fingerprint density at radius 3 is 2.61 bits per heavy atom. The van der Waals surface area contributed by atoms with Crippen molar-refractivity contribution in [3.05, 3.63) is 51.5 Å². The lowest BCUT2D eigenvalue weighted by molar-refractivity contribution is -0.117. The predicted molar refractivity (Wildman–Crippen MR) is 95.8 cm³/mol. The summed E-state index contributed by atoms with van der Waals surface area (Å²) in [6.07, 6.45) is 1.07. The summed E-state index contributed by atoms with van der Waals surface area (Å²) in [5.41, 5.74) is 10.9. The first-order chi connectivity index (χ1) is 11.0. The lowest BCUT2D eigenvalue weighted by Gasteiger charge is -2.14. The Kier molecular flexibility index (Phi) is 4.44. The van der Waals surface area contributed by atoms with Crippen molar-refractivity contribution >= 4 is 21.8 Å². The van der Waals surface area contributed by atoms with Crippen LogP contribution < -0.4 is 10.5 Å². The van der Waals surface area contributed by atoms with Gasteiger partial charge in [0, 0.05) is 22.0 Å². The summed E-state index contributed by atoms with van der Waals surface area (Å²) in [7, 11) is 0. The first-order valence-electron chi connectivity index (χ1n) is 7.83. The number of amides is 1. The van der Waals surface area contributed by atoms with Crippen LogP contribution in [0, 0.1) is 0 Å². The second kappa shape index (κ2) is 6.36. The van der Waals surface area contributed by atoms with Gasteiger partial charge in [-0.1, -0.05) is 54.0 Å². The normalized spacial score (nSPS) is 13.0. The number of benzene rings is 2. The number of hydrogen-bond donors (Lipinski definition) is 1. The first kappa shape index (κ1) is 16.1. The molecule has 0 unspecified atom stereocenters. The van der Waals surface area contributed by atoms with Gasteiger partial charge in [-0.15, -0.1) is 0 Å². The molecule has 23 heavy (non-hydrogen) atoms. The minimum atomic E-state index is -0.328. The Morgan fingerprint density at radius 2 is 2.00 bits per heavy atom. The van der Waals surface area contributed by atoms with E-state index in [4.69, 9.17) is 10.5 Å². The summed E-state index contributed by atoms with van der Waals surface area (Å²) < 4.78 is 6.81. The minimum absolute atomic E-state index is 0.227. The van der Waals surface area contributed by atoms with E-state index in [0.717, 1.165) is 38.9 Å². The molecule has 2 N–H and O–H groups in total. The maximum Gasteiger partial charge on any atom is 0.221 e. The molecule has 2 aromatic carbocycles. The third-order valence-electron chi connectivity index (χ3n) is 4.24. The quantitative estimate of drug-likeness (QED) is 0.872. The lowest BCUT2D eigenvalue weighted by Crippen LogP contribution is -2.14. The van der Waals surface area contributed by atoms with Crippen molar-refractivity contribution in [3.63, 3.8) is 0 Å². The molecule has 3 nitrogen and oxygen atoms in total. The van der Waals surface area contributed by atoms with Gasteiger partial charge in [0.25, 0.3) is 0 Å². The van der Waals surface area contributed by atoms with Gasteiger partial charge in [0.2, 0.25) is 5.91 Å². The van der Waals surface area contributed by atoms with Crippen LogP contribution in [-0.4, -0.2) is 12.5 Å². The average molecular weight is 374 g/mol. The molecule has 0 aromatic heterocycles. The molecule has 3 rings (SSSR count). The Morgan fingerprint density at radius 1 is 1.30 bits per heavy atom. The molecule has 4 heteroatoms. The van der Waals surface area contributed by atoms with Gasteiger partial charge in [-0.25, -0.2) is 0 Å². The van der Waals surface area contributed by atoms with Crippen LogP contribution in [0.25, 0.3) is 11.1 Å². The molecule has 120 valence electrons. The van der Waals surface area contributed by atoms with Crippen LogP contribution in [0.1, 0.15) is 36.5 Å². The van der Waals surface area contributed by atoms with Crippen LogP contribution in [0.2, 0.25) is 0 Å². The number of fused-ring (bicyclic) bond motifs is 1. The molecule has 1 aliphatic rings. The van der Waals surface area contributed by atoms with Crippen molar-refractivity contribution in [1.29, 1.82) is 0 Å². The van der Waals surface area contributed by atoms with Gasteiger partial charge >= 0.3 is 0 Å². The highest BCUT2D eigenvalue weighted by Gasteiger charge is 2.23. The highest BCUT2D eigenvalue weighted by Crippen LogP contribution is 2.43. The number of nitrogens with two attached hydrogens (primary N) is 1. The van der Waals surface area contributed by atoms with Gasteiger partial charge in [-0.2, -0.15) is 0 Å². The second-order valence-electron chi connectivity index (χ2n) is 6.22. The molecule has 0 fully saturated rings. The van der Waals surface area contributed by atoms with Crippen molar-refractivity contribution in [2.24, 2.45) is 5.73 Å². The number of halogens is 1. The number of ether oxygens (including phenoxy) is 1. The van der Waals surface area contributed by atoms with Crippen molar-refractivity contribution < 1.29 is 9.53 Å². The van der Waals surface area contributed by atoms with Crippen LogP contribution >= 0.6 is 15.9 Å². The number of rotatable bonds is 4. The molecule has 1 heterocycles. The van der Waals surface area contributed by atoms with E-state index in [0.29, 0.717) is 12.5 Å². The molecule has 0 atom stereocenters. The van der Waals surface area contributed by atoms with Gasteiger partial charge in [-0.3, -0.25) is 4.79 Å². The molecule has 0 saturated carbocycles. The average Bonchev–Trinajstić information content (AvgIpc) is 2.99. The van der Waals surface area contributed by atoms with Gasteiger partial charge in [0.1, 0.15) is 5.75 Å². The van der Waals surface area contributed by atoms with Crippen molar-refractivity contribution in [1.82, 2.24) is 0 Å². The SMILES string of the molecule is CC(C)c1ccc(-c2cc(CC(N)=O)c(Br)c3c2OCC3)cc1. The fourth-order valence-corrected chi connectivity index (χ4v) is 3.61. The number of carbonyl (C=O) groups excluding carboxylic acids is 1. The van der Waals surface area contributed by atoms with Gasteiger partial charge in [0.05, 0.1) is 13.0 Å². The molecule has 0 spiro atoms. The lowest BCUT2D eigenvalue weighted by atomic mass is 9.94. The maximum atomic E-state index is 11.4. The zero-order valence-corrected chi connectivity index (χ0v) is 14.9. The molecule has 1 amide bonds. The monoisotopic (exact) mass is 373 g/mol. The Hall–Kier alpha value is -1.81. The van der Waals surface area contributed by atoms with Crippen LogP contribution in [0.15, 0.2) is 34.8 Å². The summed E-state index contributed by atoms with van der Waals surface area (Å²) in [6.45, 7) is 5.03. The van der Waals surface area contributed by atoms with Crippen molar-refractivity contribution in [2.75, 3.05) is 6.61 Å². The highest BCUT2D eigenvalue weighted by molar-refractivity contribution is 9.10. The van der Waals surface area contributed by atoms with E-state index < -0.39 is 0 Å². The molecule has 0 bridgehead atoms. The van der Waals surface area contributed by atoms with Crippen LogP contribution in [-0.2, 0) is 17.6 Å². The highest BCUT2D eigenvalue weighted by atomic mass is 79.9. The standard InChI is InChI=1S/C19H20BrNO2/c1-11(2)12-3-5-13(6-4-12)16-9-14(10-17(21)22)18(20)15-7-8-23-19(15)16/h3-6,9,11H,7-8,10H2,1-2H3,(H2,21,22). The summed E-state index contributed by atoms with van der Waals surface area (Å²) in [5.74, 6) is 1.09. The molecular formula is C19H20BrNO2. The van der Waals surface area contributed by atoms with Crippen LogP contribution in [0.4, 0.5) is 0 Å². The molecule has 2 aromatic rings. The fourth-order valence-electron chi connectivity index (χ4n) is 2.98. The molecule has 0 radical (unpaired) electrons. The van der Waals surface area contributed by atoms with Crippen LogP contribution in [0.3, 0.4) is 0 Å². The predicted octanol–water partition coefficient (Wildman–Crippen LogP) is 4.20. The van der Waals surface area contributed by atoms with Crippen LogP contribution in [0.5, 0.6) is 5.75 Å². The van der Waals surface area contributed by atoms with Gasteiger partial charge in [-0.05, 0) is 28.7 Å². The van der Waals surface area contributed by atoms with Gasteiger partial charge < -0.3 is 10.5 Å². The number of carbonyl (C=O) groups is 1. The summed E-state index contributed by atoms with van der Waals surface area (Å²) >= 11 is 3.61. The Bertz CT molecular complexity index is 751. The Labute approximate surface area is 145 Å². The molecule has 0 aliphatic carbocycles. The summed E-state index contributed by atoms with van der Waals surface area (Å²) in [6, 6.07) is 10.6. The largest absolute Gasteiger partial charge is 0.492 e. The van der Waals surface area contributed by atoms with E-state index in [2.05, 4.69) is 54.0 Å². The van der Waals surface area contributed by atoms with E-state index in [9.17, 15) is 4.79 Å². The smallest absolute Gasteiger partial charge is 0.221 e. The molecule has 0 saturated heterocycles. The fraction of sp³-hybridized carbons (Fsp3) is 0.316. The van der Waals surface area contributed by atoms with Crippen molar-refractivity contribution in [2.45, 2.75) is 32.6 Å². The van der Waals surface area contributed by atoms with Gasteiger partial charge in [0.15, 0.2) is 0 Å². The maximum absolute atomic E-state index is 11.4. The van der Waals surface area contributed by atoms with E-state index in [-0.39, 0.29) is 12.3 Å². The van der Waals surface area contributed by atoms with E-state index >= 15 is 0 Å². The summed E-state index contributed by atoms with van der Waals surface area (Å²) in [5, 5.41) is 0. The Balaban J connectivity index is 2.11. The number of primary amides is 1. The molecular weight excluding hydrogens is 354 g/mol. The molecule has 1 aliphatic heterocycles. The van der Waals surface area contributed by atoms with E-state index in [1.54, 1.807) is 0 Å². The summed E-state index contributed by atoms with van der Waals surface area (Å²) in [4.78, 5) is 11.4. The zero-order valence-electron chi connectivity index (χ0n) is 13.4. The first-order valence-corrected chi connectivity index (χ1v) is 8.62. The number of hydrogen-bond acceptors (Lipinski definition) is 2.